The highest BCUT2D eigenvalue weighted by atomic mass is 32.2. The molecule has 0 radical (unpaired) electrons. The van der Waals surface area contributed by atoms with Gasteiger partial charge in [0, 0.05) is 26.4 Å². The number of carbonyl (C=O) groups excluding carboxylic acids is 1. The van der Waals surface area contributed by atoms with Gasteiger partial charge in [-0.15, -0.1) is 4.40 Å². The first-order valence-electron chi connectivity index (χ1n) is 7.93. The average Bonchev–Trinajstić information content (AvgIpc) is 2.60. The Morgan fingerprint density at radius 3 is 2.52 bits per heavy atom. The number of hydrogen-bond acceptors (Lipinski definition) is 4. The van der Waals surface area contributed by atoms with Crippen LogP contribution in [0.4, 0.5) is 5.69 Å². The summed E-state index contributed by atoms with van der Waals surface area (Å²) in [5.41, 5.74) is 1.54. The largest absolute Gasteiger partial charge is 0.342 e. The molecule has 0 spiro atoms. The fourth-order valence-electron chi connectivity index (χ4n) is 2.64. The van der Waals surface area contributed by atoms with Gasteiger partial charge in [0.05, 0.1) is 5.69 Å². The summed E-state index contributed by atoms with van der Waals surface area (Å²) in [6.07, 6.45) is 0.429. The second kappa shape index (κ2) is 7.06. The van der Waals surface area contributed by atoms with Crippen molar-refractivity contribution in [2.75, 3.05) is 12.4 Å². The van der Waals surface area contributed by atoms with Crippen molar-refractivity contribution in [1.29, 1.82) is 0 Å². The molecule has 6 nitrogen and oxygen atoms in total. The van der Waals surface area contributed by atoms with E-state index in [1.54, 1.807) is 30.1 Å². The van der Waals surface area contributed by atoms with E-state index < -0.39 is 10.0 Å². The molecule has 130 valence electrons. The highest BCUT2D eigenvalue weighted by molar-refractivity contribution is 7.90. The smallest absolute Gasteiger partial charge is 0.286 e. The van der Waals surface area contributed by atoms with Crippen molar-refractivity contribution < 1.29 is 13.2 Å². The molecule has 1 amide bonds. The SMILES string of the molecule is CN(Cc1ccccc1)C(=O)CCC1=NS(=O)(=O)c2ccccc2N1. The van der Waals surface area contributed by atoms with E-state index in [9.17, 15) is 13.2 Å². The number of carbonyl (C=O) groups is 1. The lowest BCUT2D eigenvalue weighted by Gasteiger charge is -2.20. The van der Waals surface area contributed by atoms with Crippen LogP contribution in [0.2, 0.25) is 0 Å². The van der Waals surface area contributed by atoms with Crippen molar-refractivity contribution in [3.8, 4) is 0 Å². The molecule has 7 heteroatoms. The van der Waals surface area contributed by atoms with Crippen molar-refractivity contribution in [2.24, 2.45) is 4.40 Å². The molecule has 0 saturated carbocycles. The van der Waals surface area contributed by atoms with E-state index >= 15 is 0 Å². The number of anilines is 1. The normalized spacial score (nSPS) is 14.8. The Morgan fingerprint density at radius 2 is 1.76 bits per heavy atom. The van der Waals surface area contributed by atoms with Crippen LogP contribution in [0.5, 0.6) is 0 Å². The number of amides is 1. The zero-order valence-corrected chi connectivity index (χ0v) is 14.7. The fourth-order valence-corrected chi connectivity index (χ4v) is 3.81. The first-order valence-corrected chi connectivity index (χ1v) is 9.37. The van der Waals surface area contributed by atoms with Gasteiger partial charge in [0.15, 0.2) is 0 Å². The van der Waals surface area contributed by atoms with Gasteiger partial charge in [-0.3, -0.25) is 4.79 Å². The lowest BCUT2D eigenvalue weighted by molar-refractivity contribution is -0.130. The number of nitrogens with zero attached hydrogens (tertiary/aromatic N) is 2. The minimum absolute atomic E-state index is 0.0652. The Balaban J connectivity index is 1.62. The van der Waals surface area contributed by atoms with Crippen LogP contribution < -0.4 is 5.32 Å². The molecule has 0 fully saturated rings. The Labute approximate surface area is 147 Å². The molecule has 0 unspecified atom stereocenters. The van der Waals surface area contributed by atoms with Gasteiger partial charge in [-0.1, -0.05) is 42.5 Å². The molecule has 1 aliphatic heterocycles. The topological polar surface area (TPSA) is 78.8 Å². The van der Waals surface area contributed by atoms with E-state index in [1.807, 2.05) is 30.3 Å². The van der Waals surface area contributed by atoms with Crippen molar-refractivity contribution in [2.45, 2.75) is 24.3 Å². The predicted octanol–water partition coefficient (Wildman–Crippen LogP) is 2.64. The van der Waals surface area contributed by atoms with E-state index in [2.05, 4.69) is 9.71 Å². The summed E-state index contributed by atoms with van der Waals surface area (Å²) in [6.45, 7) is 0.515. The van der Waals surface area contributed by atoms with E-state index in [0.717, 1.165) is 5.56 Å². The van der Waals surface area contributed by atoms with Crippen LogP contribution in [0.25, 0.3) is 0 Å². The summed E-state index contributed by atoms with van der Waals surface area (Å²) in [7, 11) is -1.97. The van der Waals surface area contributed by atoms with Crippen molar-refractivity contribution in [3.63, 3.8) is 0 Å². The molecule has 3 rings (SSSR count). The molecule has 1 N–H and O–H groups in total. The maximum absolute atomic E-state index is 12.3. The van der Waals surface area contributed by atoms with Crippen molar-refractivity contribution >= 4 is 27.5 Å². The number of rotatable bonds is 5. The zero-order valence-electron chi connectivity index (χ0n) is 13.8. The van der Waals surface area contributed by atoms with Gasteiger partial charge in [0.1, 0.15) is 10.7 Å². The van der Waals surface area contributed by atoms with Gasteiger partial charge >= 0.3 is 0 Å². The molecule has 0 atom stereocenters. The lowest BCUT2D eigenvalue weighted by atomic mass is 10.2. The van der Waals surface area contributed by atoms with E-state index in [0.29, 0.717) is 18.1 Å². The molecule has 0 aliphatic carbocycles. The van der Waals surface area contributed by atoms with Gasteiger partial charge < -0.3 is 10.2 Å². The molecule has 2 aromatic carbocycles. The monoisotopic (exact) mass is 357 g/mol. The fraction of sp³-hybridized carbons (Fsp3) is 0.222. The van der Waals surface area contributed by atoms with E-state index in [1.165, 1.54) is 6.07 Å². The molecule has 0 aromatic heterocycles. The standard InChI is InChI=1S/C18H19N3O3S/c1-21(13-14-7-3-2-4-8-14)18(22)12-11-17-19-15-9-5-6-10-16(15)25(23,24)20-17/h2-10H,11-13H2,1H3,(H,19,20). The average molecular weight is 357 g/mol. The number of hydrogen-bond donors (Lipinski definition) is 1. The summed E-state index contributed by atoms with van der Waals surface area (Å²) < 4.78 is 28.1. The second-order valence-corrected chi connectivity index (χ2v) is 7.44. The van der Waals surface area contributed by atoms with Crippen LogP contribution in [-0.2, 0) is 21.4 Å². The quantitative estimate of drug-likeness (QED) is 0.892. The zero-order chi connectivity index (χ0) is 17.9. The Kier molecular flexibility index (Phi) is 4.85. The van der Waals surface area contributed by atoms with Crippen LogP contribution in [-0.4, -0.2) is 32.1 Å². The lowest BCUT2D eigenvalue weighted by Crippen LogP contribution is -2.28. The Hall–Kier alpha value is -2.67. The third kappa shape index (κ3) is 4.06. The molecular formula is C18H19N3O3S. The summed E-state index contributed by atoms with van der Waals surface area (Å²) in [6, 6.07) is 16.3. The van der Waals surface area contributed by atoms with Crippen LogP contribution in [0.3, 0.4) is 0 Å². The summed E-state index contributed by atoms with van der Waals surface area (Å²) in [5, 5.41) is 3.00. The first kappa shape index (κ1) is 17.2. The maximum atomic E-state index is 12.3. The summed E-state index contributed by atoms with van der Waals surface area (Å²) in [5.74, 6) is 0.227. The molecule has 0 bridgehead atoms. The van der Waals surface area contributed by atoms with E-state index in [-0.39, 0.29) is 23.6 Å². The number of nitrogens with one attached hydrogen (secondary N) is 1. The van der Waals surface area contributed by atoms with Gasteiger partial charge in [0.2, 0.25) is 5.91 Å². The van der Waals surface area contributed by atoms with Gasteiger partial charge in [-0.25, -0.2) is 0 Å². The van der Waals surface area contributed by atoms with E-state index in [4.69, 9.17) is 0 Å². The highest BCUT2D eigenvalue weighted by Crippen LogP contribution is 2.27. The van der Waals surface area contributed by atoms with Crippen molar-refractivity contribution in [1.82, 2.24) is 4.90 Å². The minimum atomic E-state index is -3.71. The number of fused-ring (bicyclic) bond motifs is 1. The minimum Gasteiger partial charge on any atom is -0.342 e. The number of para-hydroxylation sites is 1. The van der Waals surface area contributed by atoms with Gasteiger partial charge in [0.25, 0.3) is 10.0 Å². The van der Waals surface area contributed by atoms with Crippen LogP contribution in [0.1, 0.15) is 18.4 Å². The Bertz CT molecular complexity index is 908. The van der Waals surface area contributed by atoms with Crippen molar-refractivity contribution in [3.05, 3.63) is 60.2 Å². The summed E-state index contributed by atoms with van der Waals surface area (Å²) in [4.78, 5) is 14.1. The Morgan fingerprint density at radius 1 is 1.08 bits per heavy atom. The highest BCUT2D eigenvalue weighted by Gasteiger charge is 2.24. The third-order valence-corrected chi connectivity index (χ3v) is 5.31. The molecule has 0 saturated heterocycles. The van der Waals surface area contributed by atoms with Crippen LogP contribution in [0, 0.1) is 0 Å². The third-order valence-electron chi connectivity index (χ3n) is 3.94. The number of amidine groups is 1. The number of benzene rings is 2. The molecule has 1 aliphatic rings. The van der Waals surface area contributed by atoms with Crippen LogP contribution in [0.15, 0.2) is 63.9 Å². The first-order chi connectivity index (χ1) is 12.0. The molecule has 1 heterocycles. The molecule has 25 heavy (non-hydrogen) atoms. The molecular weight excluding hydrogens is 338 g/mol. The van der Waals surface area contributed by atoms with Gasteiger partial charge in [-0.05, 0) is 17.7 Å². The predicted molar refractivity (Wildman–Crippen MR) is 96.8 cm³/mol. The second-order valence-electron chi connectivity index (χ2n) is 5.87. The molecule has 2 aromatic rings. The summed E-state index contributed by atoms with van der Waals surface area (Å²) >= 11 is 0. The van der Waals surface area contributed by atoms with Gasteiger partial charge in [-0.2, -0.15) is 8.42 Å². The number of sulfonamides is 1. The van der Waals surface area contributed by atoms with Crippen LogP contribution >= 0.6 is 0 Å². The maximum Gasteiger partial charge on any atom is 0.286 e.